The van der Waals surface area contributed by atoms with Crippen molar-refractivity contribution < 1.29 is 14.3 Å². The first-order chi connectivity index (χ1) is 12.1. The van der Waals surface area contributed by atoms with Crippen molar-refractivity contribution in [2.24, 2.45) is 5.73 Å². The zero-order valence-corrected chi connectivity index (χ0v) is 13.4. The van der Waals surface area contributed by atoms with Crippen LogP contribution in [-0.4, -0.2) is 18.4 Å². The molecule has 0 bridgehead atoms. The van der Waals surface area contributed by atoms with Gasteiger partial charge in [-0.15, -0.1) is 0 Å². The summed E-state index contributed by atoms with van der Waals surface area (Å²) >= 11 is 0. The quantitative estimate of drug-likeness (QED) is 0.594. The van der Waals surface area contributed by atoms with Crippen molar-refractivity contribution in [3.05, 3.63) is 71.3 Å². The van der Waals surface area contributed by atoms with Gasteiger partial charge in [0, 0.05) is 6.54 Å². The minimum atomic E-state index is -0.584. The van der Waals surface area contributed by atoms with E-state index in [-0.39, 0.29) is 12.2 Å². The highest BCUT2D eigenvalue weighted by atomic mass is 16.5. The molecule has 0 fully saturated rings. The van der Waals surface area contributed by atoms with Gasteiger partial charge >= 0.3 is 0 Å². The minimum absolute atomic E-state index is 0.0250. The van der Waals surface area contributed by atoms with Gasteiger partial charge in [-0.05, 0) is 29.3 Å². The molecular weight excluding hydrogens is 318 g/mol. The fourth-order valence-corrected chi connectivity index (χ4v) is 2.04. The van der Waals surface area contributed by atoms with Crippen LogP contribution in [-0.2, 0) is 16.1 Å². The van der Waals surface area contributed by atoms with E-state index in [0.29, 0.717) is 17.9 Å². The average molecular weight is 335 g/mol. The lowest BCUT2D eigenvalue weighted by molar-refractivity contribution is -0.120. The van der Waals surface area contributed by atoms with E-state index in [2.05, 4.69) is 5.32 Å². The number of nitriles is 1. The number of amides is 2. The number of hydrogen-bond acceptors (Lipinski definition) is 4. The summed E-state index contributed by atoms with van der Waals surface area (Å²) in [6.07, 6.45) is 1.46. The van der Waals surface area contributed by atoms with E-state index < -0.39 is 11.8 Å². The fourth-order valence-electron chi connectivity index (χ4n) is 2.04. The normalized spacial score (nSPS) is 10.6. The van der Waals surface area contributed by atoms with E-state index in [1.807, 2.05) is 36.4 Å². The first-order valence-electron chi connectivity index (χ1n) is 7.53. The molecule has 6 nitrogen and oxygen atoms in total. The Bertz CT molecular complexity index is 823. The highest BCUT2D eigenvalue weighted by Crippen LogP contribution is 2.16. The number of carbonyl (C=O) groups is 2. The molecule has 25 heavy (non-hydrogen) atoms. The molecule has 0 saturated carbocycles. The number of nitrogens with two attached hydrogens (primary N) is 1. The second-order valence-corrected chi connectivity index (χ2v) is 5.17. The molecule has 0 unspecified atom stereocenters. The van der Waals surface area contributed by atoms with Gasteiger partial charge in [0.15, 0.2) is 6.61 Å². The number of primary amides is 1. The molecule has 2 aromatic carbocycles. The van der Waals surface area contributed by atoms with Gasteiger partial charge in [0.1, 0.15) is 17.4 Å². The standard InChI is InChI=1S/C19H17N3O3/c20-11-16(19(24)22-12-14-5-2-1-3-6-14)9-15-7-4-8-17(10-15)25-13-18(21)23/h1-10H,12-13H2,(H2,21,23)(H,22,24)/b16-9-. The predicted octanol–water partition coefficient (Wildman–Crippen LogP) is 1.77. The minimum Gasteiger partial charge on any atom is -0.484 e. The number of ether oxygens (including phenoxy) is 1. The van der Waals surface area contributed by atoms with Gasteiger partial charge in [-0.25, -0.2) is 0 Å². The van der Waals surface area contributed by atoms with Crippen LogP contribution in [0.5, 0.6) is 5.75 Å². The second kappa shape index (κ2) is 8.89. The summed E-state index contributed by atoms with van der Waals surface area (Å²) in [4.78, 5) is 22.9. The highest BCUT2D eigenvalue weighted by molar-refractivity contribution is 6.01. The van der Waals surface area contributed by atoms with Crippen LogP contribution in [0.15, 0.2) is 60.2 Å². The SMILES string of the molecule is N#C/C(=C/c1cccc(OCC(N)=O)c1)C(=O)NCc1ccccc1. The number of nitrogens with one attached hydrogen (secondary N) is 1. The Morgan fingerprint density at radius 2 is 1.92 bits per heavy atom. The van der Waals surface area contributed by atoms with Crippen molar-refractivity contribution in [1.82, 2.24) is 5.32 Å². The number of nitrogens with zero attached hydrogens (tertiary/aromatic N) is 1. The van der Waals surface area contributed by atoms with Crippen molar-refractivity contribution in [2.75, 3.05) is 6.61 Å². The topological polar surface area (TPSA) is 105 Å². The second-order valence-electron chi connectivity index (χ2n) is 5.17. The summed E-state index contributed by atoms with van der Waals surface area (Å²) in [7, 11) is 0. The van der Waals surface area contributed by atoms with Crippen molar-refractivity contribution in [1.29, 1.82) is 5.26 Å². The first kappa shape index (κ1) is 17.8. The maximum absolute atomic E-state index is 12.2. The van der Waals surface area contributed by atoms with Crippen LogP contribution >= 0.6 is 0 Å². The maximum atomic E-state index is 12.2. The van der Waals surface area contributed by atoms with E-state index in [9.17, 15) is 14.9 Å². The molecule has 0 aliphatic heterocycles. The van der Waals surface area contributed by atoms with Gasteiger partial charge in [0.2, 0.25) is 0 Å². The molecule has 6 heteroatoms. The van der Waals surface area contributed by atoms with E-state index in [4.69, 9.17) is 10.5 Å². The smallest absolute Gasteiger partial charge is 0.262 e. The lowest BCUT2D eigenvalue weighted by Crippen LogP contribution is -2.23. The third-order valence-corrected chi connectivity index (χ3v) is 3.21. The molecule has 0 aromatic heterocycles. The van der Waals surface area contributed by atoms with E-state index >= 15 is 0 Å². The Morgan fingerprint density at radius 3 is 2.60 bits per heavy atom. The molecule has 2 amide bonds. The molecule has 2 rings (SSSR count). The molecule has 3 N–H and O–H groups in total. The summed E-state index contributed by atoms with van der Waals surface area (Å²) in [5.41, 5.74) is 6.55. The molecule has 0 radical (unpaired) electrons. The molecule has 0 atom stereocenters. The molecule has 0 heterocycles. The van der Waals surface area contributed by atoms with Crippen molar-refractivity contribution in [3.8, 4) is 11.8 Å². The van der Waals surface area contributed by atoms with Crippen molar-refractivity contribution in [3.63, 3.8) is 0 Å². The first-order valence-corrected chi connectivity index (χ1v) is 7.53. The van der Waals surface area contributed by atoms with Crippen LogP contribution in [0.3, 0.4) is 0 Å². The van der Waals surface area contributed by atoms with Gasteiger partial charge < -0.3 is 15.8 Å². The lowest BCUT2D eigenvalue weighted by Gasteiger charge is -2.06. The Balaban J connectivity index is 2.06. The molecule has 2 aromatic rings. The largest absolute Gasteiger partial charge is 0.484 e. The summed E-state index contributed by atoms with van der Waals surface area (Å²) in [5.74, 6) is -0.622. The number of benzene rings is 2. The zero-order valence-electron chi connectivity index (χ0n) is 13.4. The lowest BCUT2D eigenvalue weighted by atomic mass is 10.1. The number of hydrogen-bond donors (Lipinski definition) is 2. The van der Waals surface area contributed by atoms with Crippen LogP contribution in [0.25, 0.3) is 6.08 Å². The van der Waals surface area contributed by atoms with Crippen LogP contribution in [0.2, 0.25) is 0 Å². The van der Waals surface area contributed by atoms with E-state index in [0.717, 1.165) is 5.56 Å². The van der Waals surface area contributed by atoms with E-state index in [1.54, 1.807) is 24.3 Å². The summed E-state index contributed by atoms with van der Waals surface area (Å²) in [6.45, 7) is 0.0935. The maximum Gasteiger partial charge on any atom is 0.262 e. The monoisotopic (exact) mass is 335 g/mol. The van der Waals surface area contributed by atoms with Crippen LogP contribution in [0, 0.1) is 11.3 Å². The molecule has 0 aliphatic rings. The molecule has 0 saturated heterocycles. The van der Waals surface area contributed by atoms with Crippen molar-refractivity contribution >= 4 is 17.9 Å². The molecule has 0 spiro atoms. The summed E-state index contributed by atoms with van der Waals surface area (Å²) in [5, 5.41) is 11.9. The molecule has 0 aliphatic carbocycles. The number of carbonyl (C=O) groups excluding carboxylic acids is 2. The Morgan fingerprint density at radius 1 is 1.16 bits per heavy atom. The number of rotatable bonds is 7. The molecular formula is C19H17N3O3. The summed E-state index contributed by atoms with van der Waals surface area (Å²) in [6, 6.07) is 18.0. The zero-order chi connectivity index (χ0) is 18.1. The van der Waals surface area contributed by atoms with Crippen LogP contribution in [0.4, 0.5) is 0 Å². The van der Waals surface area contributed by atoms with Gasteiger partial charge in [0.05, 0.1) is 0 Å². The Hall–Kier alpha value is -3.59. The Kier molecular flexibility index (Phi) is 6.32. The average Bonchev–Trinajstić information content (AvgIpc) is 2.63. The van der Waals surface area contributed by atoms with Gasteiger partial charge in [-0.3, -0.25) is 9.59 Å². The predicted molar refractivity (Wildman–Crippen MR) is 93.0 cm³/mol. The van der Waals surface area contributed by atoms with Gasteiger partial charge in [-0.2, -0.15) is 5.26 Å². The summed E-state index contributed by atoms with van der Waals surface area (Å²) < 4.78 is 5.20. The van der Waals surface area contributed by atoms with Gasteiger partial charge in [0.25, 0.3) is 11.8 Å². The highest BCUT2D eigenvalue weighted by Gasteiger charge is 2.09. The Labute approximate surface area is 145 Å². The third kappa shape index (κ3) is 5.84. The molecule has 126 valence electrons. The van der Waals surface area contributed by atoms with Crippen LogP contribution in [0.1, 0.15) is 11.1 Å². The fraction of sp³-hybridized carbons (Fsp3) is 0.105. The third-order valence-electron chi connectivity index (χ3n) is 3.21. The van der Waals surface area contributed by atoms with Crippen molar-refractivity contribution in [2.45, 2.75) is 6.54 Å². The van der Waals surface area contributed by atoms with Crippen LogP contribution < -0.4 is 15.8 Å². The van der Waals surface area contributed by atoms with Gasteiger partial charge in [-0.1, -0.05) is 42.5 Å². The van der Waals surface area contributed by atoms with E-state index in [1.165, 1.54) is 6.08 Å².